The highest BCUT2D eigenvalue weighted by Gasteiger charge is 2.07. The highest BCUT2D eigenvalue weighted by atomic mass is 35.5. The number of hydrogen-bond donors (Lipinski definition) is 0. The molecule has 2 aromatic carbocycles. The van der Waals surface area contributed by atoms with Crippen molar-refractivity contribution >= 4 is 22.6 Å². The molecule has 0 bridgehead atoms. The van der Waals surface area contributed by atoms with E-state index in [0.717, 1.165) is 22.6 Å². The Labute approximate surface area is 121 Å². The highest BCUT2D eigenvalue weighted by Crippen LogP contribution is 2.27. The van der Waals surface area contributed by atoms with E-state index in [0.29, 0.717) is 17.2 Å². The number of benzene rings is 2. The fourth-order valence-corrected chi connectivity index (χ4v) is 2.20. The van der Waals surface area contributed by atoms with E-state index in [4.69, 9.17) is 25.5 Å². The van der Waals surface area contributed by atoms with Gasteiger partial charge in [0.2, 0.25) is 0 Å². The molecule has 1 aromatic heterocycles. The summed E-state index contributed by atoms with van der Waals surface area (Å²) in [6.45, 7) is 0.358. The van der Waals surface area contributed by atoms with Gasteiger partial charge in [-0.05, 0) is 36.4 Å². The molecule has 0 fully saturated rings. The van der Waals surface area contributed by atoms with Crippen LogP contribution >= 0.6 is 11.6 Å². The Kier molecular flexibility index (Phi) is 3.52. The maximum Gasteiger partial charge on any atom is 0.153 e. The summed E-state index contributed by atoms with van der Waals surface area (Å²) in [7, 11) is 1.63. The van der Waals surface area contributed by atoms with Gasteiger partial charge in [0, 0.05) is 5.39 Å². The summed E-state index contributed by atoms with van der Waals surface area (Å²) in [5.74, 6) is 2.30. The third kappa shape index (κ3) is 2.58. The van der Waals surface area contributed by atoms with Crippen LogP contribution in [0.2, 0.25) is 5.02 Å². The number of rotatable bonds is 4. The molecule has 0 aliphatic heterocycles. The van der Waals surface area contributed by atoms with Gasteiger partial charge >= 0.3 is 0 Å². The van der Waals surface area contributed by atoms with Crippen LogP contribution in [0.3, 0.4) is 0 Å². The normalized spacial score (nSPS) is 10.7. The molecule has 0 spiro atoms. The highest BCUT2D eigenvalue weighted by molar-refractivity contribution is 6.34. The van der Waals surface area contributed by atoms with Gasteiger partial charge in [-0.1, -0.05) is 23.7 Å². The molecule has 0 radical (unpaired) electrons. The van der Waals surface area contributed by atoms with E-state index in [9.17, 15) is 0 Å². The van der Waals surface area contributed by atoms with Crippen LogP contribution < -0.4 is 9.47 Å². The molecule has 0 atom stereocenters. The second-order valence-electron chi connectivity index (χ2n) is 4.34. The average molecular weight is 289 g/mol. The molecule has 0 unspecified atom stereocenters. The molecule has 3 nitrogen and oxygen atoms in total. The van der Waals surface area contributed by atoms with Crippen molar-refractivity contribution in [2.45, 2.75) is 6.61 Å². The van der Waals surface area contributed by atoms with E-state index in [1.165, 1.54) is 0 Å². The molecular formula is C16H13ClO3. The summed E-state index contributed by atoms with van der Waals surface area (Å²) in [6, 6.07) is 15.0. The minimum atomic E-state index is 0.358. The number of para-hydroxylation sites is 1. The second-order valence-corrected chi connectivity index (χ2v) is 4.74. The van der Waals surface area contributed by atoms with E-state index in [2.05, 4.69) is 0 Å². The molecule has 3 aromatic rings. The zero-order valence-corrected chi connectivity index (χ0v) is 11.7. The van der Waals surface area contributed by atoms with Gasteiger partial charge in [0.1, 0.15) is 23.9 Å². The van der Waals surface area contributed by atoms with Gasteiger partial charge in [-0.15, -0.1) is 0 Å². The van der Waals surface area contributed by atoms with Gasteiger partial charge < -0.3 is 13.9 Å². The molecule has 1 heterocycles. The fraction of sp³-hybridized carbons (Fsp3) is 0.125. The lowest BCUT2D eigenvalue weighted by molar-refractivity contribution is 0.274. The third-order valence-corrected chi connectivity index (χ3v) is 3.29. The molecule has 3 rings (SSSR count). The Hall–Kier alpha value is -2.13. The summed E-state index contributed by atoms with van der Waals surface area (Å²) in [5.41, 5.74) is 0.697. The molecule has 4 heteroatoms. The fourth-order valence-electron chi connectivity index (χ4n) is 1.98. The van der Waals surface area contributed by atoms with Crippen molar-refractivity contribution in [1.82, 2.24) is 0 Å². The second kappa shape index (κ2) is 5.47. The van der Waals surface area contributed by atoms with Crippen LogP contribution in [0, 0.1) is 0 Å². The SMILES string of the molecule is COc1ccc(OCc2cc3cccc(Cl)c3o2)cc1. The Morgan fingerprint density at radius 2 is 1.80 bits per heavy atom. The topological polar surface area (TPSA) is 31.6 Å². The predicted octanol–water partition coefficient (Wildman–Crippen LogP) is 4.67. The molecule has 0 saturated heterocycles. The van der Waals surface area contributed by atoms with Crippen molar-refractivity contribution in [3.05, 3.63) is 59.3 Å². The minimum Gasteiger partial charge on any atom is -0.497 e. The Bertz CT molecular complexity index is 716. The summed E-state index contributed by atoms with van der Waals surface area (Å²) in [4.78, 5) is 0. The maximum absolute atomic E-state index is 6.07. The number of hydrogen-bond acceptors (Lipinski definition) is 3. The maximum atomic E-state index is 6.07. The summed E-state index contributed by atoms with van der Waals surface area (Å²) >= 11 is 6.07. The molecule has 0 aliphatic carbocycles. The molecule has 20 heavy (non-hydrogen) atoms. The predicted molar refractivity (Wildman–Crippen MR) is 78.6 cm³/mol. The third-order valence-electron chi connectivity index (χ3n) is 2.99. The Morgan fingerprint density at radius 1 is 1.05 bits per heavy atom. The lowest BCUT2D eigenvalue weighted by Crippen LogP contribution is -1.93. The standard InChI is InChI=1S/C16H13ClO3/c1-18-12-5-7-13(8-6-12)19-10-14-9-11-3-2-4-15(17)16(11)20-14/h2-9H,10H2,1H3. The van der Waals surface area contributed by atoms with Crippen LogP contribution in [-0.4, -0.2) is 7.11 Å². The quantitative estimate of drug-likeness (QED) is 0.699. The van der Waals surface area contributed by atoms with Crippen LogP contribution in [0.4, 0.5) is 0 Å². The first-order chi connectivity index (χ1) is 9.76. The van der Waals surface area contributed by atoms with E-state index >= 15 is 0 Å². The van der Waals surface area contributed by atoms with Crippen LogP contribution in [0.5, 0.6) is 11.5 Å². The number of fused-ring (bicyclic) bond motifs is 1. The van der Waals surface area contributed by atoms with Gasteiger partial charge in [-0.3, -0.25) is 0 Å². The van der Waals surface area contributed by atoms with E-state index in [-0.39, 0.29) is 0 Å². The van der Waals surface area contributed by atoms with E-state index < -0.39 is 0 Å². The molecular weight excluding hydrogens is 276 g/mol. The first-order valence-corrected chi connectivity index (χ1v) is 6.58. The number of methoxy groups -OCH3 is 1. The zero-order chi connectivity index (χ0) is 13.9. The van der Waals surface area contributed by atoms with Crippen molar-refractivity contribution in [2.75, 3.05) is 7.11 Å². The first-order valence-electron chi connectivity index (χ1n) is 6.20. The summed E-state index contributed by atoms with van der Waals surface area (Å²) in [6.07, 6.45) is 0. The molecule has 0 saturated carbocycles. The average Bonchev–Trinajstić information content (AvgIpc) is 2.90. The molecule has 102 valence electrons. The van der Waals surface area contributed by atoms with Gasteiger partial charge in [0.25, 0.3) is 0 Å². The first kappa shape index (κ1) is 12.9. The zero-order valence-electron chi connectivity index (χ0n) is 10.9. The number of ether oxygens (including phenoxy) is 2. The summed E-state index contributed by atoms with van der Waals surface area (Å²) < 4.78 is 16.4. The van der Waals surface area contributed by atoms with Crippen LogP contribution in [0.15, 0.2) is 52.9 Å². The van der Waals surface area contributed by atoms with Crippen molar-refractivity contribution in [3.8, 4) is 11.5 Å². The van der Waals surface area contributed by atoms with E-state index in [1.807, 2.05) is 48.5 Å². The Balaban J connectivity index is 1.74. The largest absolute Gasteiger partial charge is 0.497 e. The van der Waals surface area contributed by atoms with Crippen LogP contribution in [-0.2, 0) is 6.61 Å². The van der Waals surface area contributed by atoms with E-state index in [1.54, 1.807) is 7.11 Å². The summed E-state index contributed by atoms with van der Waals surface area (Å²) in [5, 5.41) is 1.59. The van der Waals surface area contributed by atoms with Crippen molar-refractivity contribution in [2.24, 2.45) is 0 Å². The van der Waals surface area contributed by atoms with Gasteiger partial charge in [0.05, 0.1) is 12.1 Å². The smallest absolute Gasteiger partial charge is 0.153 e. The van der Waals surface area contributed by atoms with Crippen LogP contribution in [0.25, 0.3) is 11.0 Å². The van der Waals surface area contributed by atoms with Crippen molar-refractivity contribution < 1.29 is 13.9 Å². The lowest BCUT2D eigenvalue weighted by Gasteiger charge is -2.05. The minimum absolute atomic E-state index is 0.358. The van der Waals surface area contributed by atoms with Crippen molar-refractivity contribution in [1.29, 1.82) is 0 Å². The molecule has 0 amide bonds. The van der Waals surface area contributed by atoms with Crippen molar-refractivity contribution in [3.63, 3.8) is 0 Å². The lowest BCUT2D eigenvalue weighted by atomic mass is 10.2. The van der Waals surface area contributed by atoms with Gasteiger partial charge in [0.15, 0.2) is 5.58 Å². The van der Waals surface area contributed by atoms with Gasteiger partial charge in [-0.2, -0.15) is 0 Å². The van der Waals surface area contributed by atoms with Gasteiger partial charge in [-0.25, -0.2) is 0 Å². The monoisotopic (exact) mass is 288 g/mol. The Morgan fingerprint density at radius 3 is 2.50 bits per heavy atom. The molecule has 0 aliphatic rings. The van der Waals surface area contributed by atoms with Crippen LogP contribution in [0.1, 0.15) is 5.76 Å². The number of halogens is 1. The molecule has 0 N–H and O–H groups in total. The number of furan rings is 1.